The summed E-state index contributed by atoms with van der Waals surface area (Å²) in [7, 11) is 0. The summed E-state index contributed by atoms with van der Waals surface area (Å²) in [5.41, 5.74) is 3.39. The van der Waals surface area contributed by atoms with Crippen LogP contribution < -0.4 is 9.47 Å². The fourth-order valence-electron chi connectivity index (χ4n) is 2.85. The highest BCUT2D eigenvalue weighted by molar-refractivity contribution is 5.64. The number of rotatable bonds is 3. The summed E-state index contributed by atoms with van der Waals surface area (Å²) in [6.45, 7) is 2.18. The molecular formula is C18H13N5O3. The van der Waals surface area contributed by atoms with Crippen molar-refractivity contribution in [1.82, 2.24) is 24.9 Å². The summed E-state index contributed by atoms with van der Waals surface area (Å²) < 4.78 is 18.0. The second-order valence-electron chi connectivity index (χ2n) is 5.75. The molecule has 0 atom stereocenters. The van der Waals surface area contributed by atoms with Gasteiger partial charge in [-0.05, 0) is 37.3 Å². The summed E-state index contributed by atoms with van der Waals surface area (Å²) in [6, 6.07) is 9.31. The van der Waals surface area contributed by atoms with Crippen LogP contribution in [0.5, 0.6) is 11.5 Å². The van der Waals surface area contributed by atoms with Gasteiger partial charge in [0.05, 0.1) is 23.1 Å². The minimum Gasteiger partial charge on any atom is -0.454 e. The minimum absolute atomic E-state index is 0.226. The third kappa shape index (κ3) is 2.31. The van der Waals surface area contributed by atoms with Crippen LogP contribution in [0.2, 0.25) is 0 Å². The molecule has 3 aromatic heterocycles. The molecule has 0 aliphatic carbocycles. The molecule has 1 aliphatic rings. The summed E-state index contributed by atoms with van der Waals surface area (Å²) in [6.07, 6.45) is 5.16. The maximum absolute atomic E-state index is 5.46. The van der Waals surface area contributed by atoms with Gasteiger partial charge >= 0.3 is 0 Å². The lowest BCUT2D eigenvalue weighted by Crippen LogP contribution is -1.98. The van der Waals surface area contributed by atoms with Gasteiger partial charge in [0.25, 0.3) is 5.89 Å². The van der Waals surface area contributed by atoms with Crippen molar-refractivity contribution in [2.45, 2.75) is 6.92 Å². The van der Waals surface area contributed by atoms with E-state index in [1.807, 2.05) is 41.9 Å². The predicted molar refractivity (Wildman–Crippen MR) is 90.9 cm³/mol. The van der Waals surface area contributed by atoms with E-state index in [4.69, 9.17) is 14.0 Å². The Labute approximate surface area is 148 Å². The Morgan fingerprint density at radius 2 is 1.88 bits per heavy atom. The van der Waals surface area contributed by atoms with Crippen LogP contribution in [-0.4, -0.2) is 31.7 Å². The van der Waals surface area contributed by atoms with Gasteiger partial charge in [0.15, 0.2) is 11.5 Å². The number of aromatic nitrogens is 5. The molecule has 0 N–H and O–H groups in total. The fourth-order valence-corrected chi connectivity index (χ4v) is 2.85. The quantitative estimate of drug-likeness (QED) is 0.563. The number of fused-ring (bicyclic) bond motifs is 1. The third-order valence-corrected chi connectivity index (χ3v) is 4.20. The molecule has 1 aromatic carbocycles. The topological polar surface area (TPSA) is 88.1 Å². The van der Waals surface area contributed by atoms with Gasteiger partial charge in [0, 0.05) is 18.0 Å². The van der Waals surface area contributed by atoms with Crippen molar-refractivity contribution in [3.05, 3.63) is 54.6 Å². The van der Waals surface area contributed by atoms with Gasteiger partial charge < -0.3 is 14.0 Å². The van der Waals surface area contributed by atoms with E-state index >= 15 is 0 Å². The number of ether oxygens (including phenoxy) is 2. The van der Waals surface area contributed by atoms with Crippen LogP contribution in [0.4, 0.5) is 0 Å². The van der Waals surface area contributed by atoms with Crippen LogP contribution >= 0.6 is 0 Å². The number of hydrogen-bond acceptors (Lipinski definition) is 7. The Morgan fingerprint density at radius 3 is 2.77 bits per heavy atom. The van der Waals surface area contributed by atoms with Gasteiger partial charge in [0.2, 0.25) is 12.6 Å². The van der Waals surface area contributed by atoms with E-state index in [1.54, 1.807) is 18.6 Å². The van der Waals surface area contributed by atoms with E-state index < -0.39 is 0 Å². The standard InChI is InChI=1S/C18H13N5O3/c1-11-14(9-20-23(11)13-4-6-19-7-5-13)18-21-17(22-26-18)12-2-3-15-16(8-12)25-10-24-15/h2-9H,10H2,1H3. The second-order valence-corrected chi connectivity index (χ2v) is 5.75. The monoisotopic (exact) mass is 347 g/mol. The molecule has 0 fully saturated rings. The Morgan fingerprint density at radius 1 is 1.04 bits per heavy atom. The highest BCUT2D eigenvalue weighted by Gasteiger charge is 2.19. The predicted octanol–water partition coefficient (Wildman–Crippen LogP) is 3.02. The smallest absolute Gasteiger partial charge is 0.261 e. The van der Waals surface area contributed by atoms with Gasteiger partial charge in [-0.2, -0.15) is 10.1 Å². The Balaban J connectivity index is 1.50. The molecule has 0 radical (unpaired) electrons. The molecule has 4 heterocycles. The first-order valence-electron chi connectivity index (χ1n) is 7.99. The largest absolute Gasteiger partial charge is 0.454 e. The highest BCUT2D eigenvalue weighted by Crippen LogP contribution is 2.35. The zero-order valence-electron chi connectivity index (χ0n) is 13.8. The molecule has 26 heavy (non-hydrogen) atoms. The molecule has 0 bridgehead atoms. The van der Waals surface area contributed by atoms with Gasteiger partial charge in [-0.1, -0.05) is 5.16 Å². The fraction of sp³-hybridized carbons (Fsp3) is 0.111. The first-order chi connectivity index (χ1) is 12.8. The molecule has 8 heteroatoms. The average Bonchev–Trinajstić information content (AvgIpc) is 3.41. The van der Waals surface area contributed by atoms with E-state index in [9.17, 15) is 0 Å². The van der Waals surface area contributed by atoms with E-state index in [-0.39, 0.29) is 6.79 Å². The summed E-state index contributed by atoms with van der Waals surface area (Å²) in [5.74, 6) is 2.28. The van der Waals surface area contributed by atoms with Gasteiger partial charge in [-0.25, -0.2) is 4.68 Å². The molecule has 4 aromatic rings. The van der Waals surface area contributed by atoms with Crippen molar-refractivity contribution in [1.29, 1.82) is 0 Å². The Hall–Kier alpha value is -3.68. The van der Waals surface area contributed by atoms with E-state index in [2.05, 4.69) is 20.2 Å². The van der Waals surface area contributed by atoms with Crippen LogP contribution in [0.15, 0.2) is 53.4 Å². The molecule has 128 valence electrons. The van der Waals surface area contributed by atoms with Crippen LogP contribution in [0.3, 0.4) is 0 Å². The van der Waals surface area contributed by atoms with Crippen molar-refractivity contribution < 1.29 is 14.0 Å². The van der Waals surface area contributed by atoms with Crippen LogP contribution in [0.25, 0.3) is 28.5 Å². The lowest BCUT2D eigenvalue weighted by atomic mass is 10.2. The van der Waals surface area contributed by atoms with Crippen LogP contribution in [0, 0.1) is 6.92 Å². The highest BCUT2D eigenvalue weighted by atomic mass is 16.7. The maximum atomic E-state index is 5.46. The maximum Gasteiger partial charge on any atom is 0.261 e. The second kappa shape index (κ2) is 5.69. The number of benzene rings is 1. The summed E-state index contributed by atoms with van der Waals surface area (Å²) in [5, 5.41) is 8.50. The van der Waals surface area contributed by atoms with Gasteiger partial charge in [0.1, 0.15) is 0 Å². The van der Waals surface area contributed by atoms with E-state index in [0.29, 0.717) is 23.2 Å². The molecule has 8 nitrogen and oxygen atoms in total. The first kappa shape index (κ1) is 14.6. The van der Waals surface area contributed by atoms with Crippen LogP contribution in [-0.2, 0) is 0 Å². The Kier molecular flexibility index (Phi) is 3.21. The van der Waals surface area contributed by atoms with E-state index in [1.165, 1.54) is 0 Å². The molecule has 0 unspecified atom stereocenters. The molecule has 0 amide bonds. The van der Waals surface area contributed by atoms with Gasteiger partial charge in [-0.15, -0.1) is 0 Å². The first-order valence-corrected chi connectivity index (χ1v) is 7.99. The minimum atomic E-state index is 0.226. The van der Waals surface area contributed by atoms with Crippen molar-refractivity contribution in [3.63, 3.8) is 0 Å². The molecule has 0 saturated heterocycles. The van der Waals surface area contributed by atoms with Gasteiger partial charge in [-0.3, -0.25) is 4.98 Å². The lowest BCUT2D eigenvalue weighted by Gasteiger charge is -2.03. The van der Waals surface area contributed by atoms with Crippen molar-refractivity contribution >= 4 is 0 Å². The molecular weight excluding hydrogens is 334 g/mol. The van der Waals surface area contributed by atoms with Crippen molar-refractivity contribution in [3.8, 4) is 40.0 Å². The zero-order chi connectivity index (χ0) is 17.5. The summed E-state index contributed by atoms with van der Waals surface area (Å²) >= 11 is 0. The molecule has 0 spiro atoms. The lowest BCUT2D eigenvalue weighted by molar-refractivity contribution is 0.174. The number of nitrogens with zero attached hydrogens (tertiary/aromatic N) is 5. The number of hydrogen-bond donors (Lipinski definition) is 0. The van der Waals surface area contributed by atoms with Crippen molar-refractivity contribution in [2.75, 3.05) is 6.79 Å². The van der Waals surface area contributed by atoms with Crippen LogP contribution in [0.1, 0.15) is 5.69 Å². The zero-order valence-corrected chi connectivity index (χ0v) is 13.8. The molecule has 5 rings (SSSR count). The Bertz CT molecular complexity index is 1090. The molecule has 0 saturated carbocycles. The van der Waals surface area contributed by atoms with Crippen molar-refractivity contribution in [2.24, 2.45) is 0 Å². The SMILES string of the molecule is Cc1c(-c2nc(-c3ccc4c(c3)OCO4)no2)cnn1-c1ccncc1. The molecule has 1 aliphatic heterocycles. The normalized spacial score (nSPS) is 12.5. The van der Waals surface area contributed by atoms with E-state index in [0.717, 1.165) is 22.5 Å². The average molecular weight is 347 g/mol. The third-order valence-electron chi connectivity index (χ3n) is 4.20. The number of pyridine rings is 1. The summed E-state index contributed by atoms with van der Waals surface area (Å²) in [4.78, 5) is 8.53.